The van der Waals surface area contributed by atoms with Gasteiger partial charge in [-0.15, -0.1) is 0 Å². The minimum absolute atomic E-state index is 0.00959. The third-order valence-electron chi connectivity index (χ3n) is 2.95. The number of hydrogen-bond acceptors (Lipinski definition) is 3. The Bertz CT molecular complexity index is 781. The van der Waals surface area contributed by atoms with Crippen molar-refractivity contribution in [3.05, 3.63) is 58.9 Å². The second-order valence-corrected chi connectivity index (χ2v) is 4.78. The van der Waals surface area contributed by atoms with Gasteiger partial charge in [0.15, 0.2) is 11.3 Å². The first-order chi connectivity index (χ1) is 9.63. The number of aromatic nitrogens is 3. The number of carbonyl (C=O) groups is 1. The fraction of sp³-hybridized carbons (Fsp3) is 0.0714. The molecule has 0 radical (unpaired) electrons. The van der Waals surface area contributed by atoms with E-state index in [1.165, 1.54) is 6.07 Å². The highest BCUT2D eigenvalue weighted by molar-refractivity contribution is 6.30. The lowest BCUT2D eigenvalue weighted by Crippen LogP contribution is -2.05. The van der Waals surface area contributed by atoms with Crippen LogP contribution in [0.25, 0.3) is 11.0 Å². The molecule has 6 heteroatoms. The fourth-order valence-corrected chi connectivity index (χ4v) is 2.08. The molecule has 1 aromatic carbocycles. The third kappa shape index (κ3) is 2.35. The second kappa shape index (κ2) is 4.94. The maximum absolute atomic E-state index is 11.0. The zero-order valence-corrected chi connectivity index (χ0v) is 11.1. The minimum atomic E-state index is -1.05. The summed E-state index contributed by atoms with van der Waals surface area (Å²) in [5, 5.41) is 14.7. The number of pyridine rings is 1. The second-order valence-electron chi connectivity index (χ2n) is 4.34. The lowest BCUT2D eigenvalue weighted by molar-refractivity contribution is 0.0691. The van der Waals surface area contributed by atoms with E-state index in [0.29, 0.717) is 17.2 Å². The highest BCUT2D eigenvalue weighted by atomic mass is 35.5. The van der Waals surface area contributed by atoms with Gasteiger partial charge in [-0.2, -0.15) is 5.10 Å². The van der Waals surface area contributed by atoms with E-state index in [9.17, 15) is 4.79 Å². The zero-order valence-electron chi connectivity index (χ0n) is 10.3. The van der Waals surface area contributed by atoms with Crippen molar-refractivity contribution in [1.29, 1.82) is 0 Å². The predicted octanol–water partition coefficient (Wildman–Crippen LogP) is 2.83. The van der Waals surface area contributed by atoms with Crippen LogP contribution in [-0.4, -0.2) is 25.8 Å². The standard InChI is InChI=1S/C14H10ClN3O2/c15-11-4-1-9(2-5-11)8-18-13-10(7-16-18)3-6-12(17-13)14(19)20/h1-7H,8H2,(H,19,20). The summed E-state index contributed by atoms with van der Waals surface area (Å²) in [6, 6.07) is 10.6. The number of fused-ring (bicyclic) bond motifs is 1. The molecule has 100 valence electrons. The van der Waals surface area contributed by atoms with Gasteiger partial charge in [0, 0.05) is 10.4 Å². The molecule has 5 nitrogen and oxygen atoms in total. The molecule has 3 aromatic rings. The number of halogens is 1. The van der Waals surface area contributed by atoms with Gasteiger partial charge < -0.3 is 5.11 Å². The number of aromatic carboxylic acids is 1. The zero-order chi connectivity index (χ0) is 14.1. The molecule has 0 amide bonds. The van der Waals surface area contributed by atoms with E-state index in [4.69, 9.17) is 16.7 Å². The molecule has 0 aliphatic carbocycles. The number of benzene rings is 1. The van der Waals surface area contributed by atoms with Crippen LogP contribution in [0.4, 0.5) is 0 Å². The Hall–Kier alpha value is -2.40. The number of hydrogen-bond donors (Lipinski definition) is 1. The summed E-state index contributed by atoms with van der Waals surface area (Å²) < 4.78 is 1.67. The largest absolute Gasteiger partial charge is 0.477 e. The van der Waals surface area contributed by atoms with Crippen molar-refractivity contribution < 1.29 is 9.90 Å². The first-order valence-electron chi connectivity index (χ1n) is 5.94. The third-order valence-corrected chi connectivity index (χ3v) is 3.20. The highest BCUT2D eigenvalue weighted by Gasteiger charge is 2.10. The van der Waals surface area contributed by atoms with Gasteiger partial charge in [0.05, 0.1) is 12.7 Å². The summed E-state index contributed by atoms with van der Waals surface area (Å²) in [4.78, 5) is 15.1. The topological polar surface area (TPSA) is 68.0 Å². The molecule has 0 bridgehead atoms. The van der Waals surface area contributed by atoms with Crippen LogP contribution in [-0.2, 0) is 6.54 Å². The van der Waals surface area contributed by atoms with Crippen molar-refractivity contribution in [2.24, 2.45) is 0 Å². The molecule has 0 unspecified atom stereocenters. The maximum atomic E-state index is 11.0. The quantitative estimate of drug-likeness (QED) is 0.804. The summed E-state index contributed by atoms with van der Waals surface area (Å²) in [6.45, 7) is 0.511. The Balaban J connectivity index is 2.00. The lowest BCUT2D eigenvalue weighted by Gasteiger charge is -2.04. The van der Waals surface area contributed by atoms with Crippen LogP contribution in [0.5, 0.6) is 0 Å². The normalized spacial score (nSPS) is 10.8. The van der Waals surface area contributed by atoms with Crippen LogP contribution in [0, 0.1) is 0 Å². The Morgan fingerprint density at radius 2 is 1.95 bits per heavy atom. The van der Waals surface area contributed by atoms with E-state index >= 15 is 0 Å². The molecule has 0 saturated carbocycles. The van der Waals surface area contributed by atoms with Gasteiger partial charge in [-0.3, -0.25) is 0 Å². The van der Waals surface area contributed by atoms with Crippen LogP contribution < -0.4 is 0 Å². The van der Waals surface area contributed by atoms with Gasteiger partial charge in [-0.05, 0) is 29.8 Å². The summed E-state index contributed by atoms with van der Waals surface area (Å²) >= 11 is 5.84. The van der Waals surface area contributed by atoms with Crippen LogP contribution in [0.3, 0.4) is 0 Å². The van der Waals surface area contributed by atoms with Crippen LogP contribution in [0.15, 0.2) is 42.6 Å². The Morgan fingerprint density at radius 1 is 1.20 bits per heavy atom. The molecule has 2 heterocycles. The van der Waals surface area contributed by atoms with Gasteiger partial charge in [0.25, 0.3) is 0 Å². The van der Waals surface area contributed by atoms with Gasteiger partial charge in [-0.1, -0.05) is 23.7 Å². The van der Waals surface area contributed by atoms with E-state index < -0.39 is 5.97 Å². The summed E-state index contributed by atoms with van der Waals surface area (Å²) in [6.07, 6.45) is 1.67. The molecular weight excluding hydrogens is 278 g/mol. The maximum Gasteiger partial charge on any atom is 0.354 e. The number of rotatable bonds is 3. The predicted molar refractivity (Wildman–Crippen MR) is 75.0 cm³/mol. The van der Waals surface area contributed by atoms with Gasteiger partial charge in [0.1, 0.15) is 0 Å². The molecule has 3 rings (SSSR count). The summed E-state index contributed by atoms with van der Waals surface area (Å²) in [5.41, 5.74) is 1.58. The van der Waals surface area contributed by atoms with E-state index in [1.807, 2.05) is 12.1 Å². The minimum Gasteiger partial charge on any atom is -0.477 e. The average Bonchev–Trinajstić information content (AvgIpc) is 2.84. The smallest absolute Gasteiger partial charge is 0.354 e. The summed E-state index contributed by atoms with van der Waals surface area (Å²) in [5.74, 6) is -1.05. The first-order valence-corrected chi connectivity index (χ1v) is 6.31. The van der Waals surface area contributed by atoms with E-state index in [2.05, 4.69) is 10.1 Å². The van der Waals surface area contributed by atoms with Crippen molar-refractivity contribution in [2.45, 2.75) is 6.54 Å². The Morgan fingerprint density at radius 3 is 2.65 bits per heavy atom. The van der Waals surface area contributed by atoms with Gasteiger partial charge >= 0.3 is 5.97 Å². The van der Waals surface area contributed by atoms with Crippen LogP contribution in [0.1, 0.15) is 16.1 Å². The monoisotopic (exact) mass is 287 g/mol. The van der Waals surface area contributed by atoms with Crippen molar-refractivity contribution >= 4 is 28.6 Å². The fourth-order valence-electron chi connectivity index (χ4n) is 1.95. The highest BCUT2D eigenvalue weighted by Crippen LogP contribution is 2.15. The molecule has 0 aliphatic heterocycles. The Kier molecular flexibility index (Phi) is 3.12. The van der Waals surface area contributed by atoms with Crippen molar-refractivity contribution in [3.63, 3.8) is 0 Å². The number of nitrogens with zero attached hydrogens (tertiary/aromatic N) is 3. The molecule has 0 saturated heterocycles. The molecule has 20 heavy (non-hydrogen) atoms. The van der Waals surface area contributed by atoms with Crippen molar-refractivity contribution in [1.82, 2.24) is 14.8 Å². The Labute approximate surface area is 119 Å². The average molecular weight is 288 g/mol. The van der Waals surface area contributed by atoms with Gasteiger partial charge in [-0.25, -0.2) is 14.5 Å². The van der Waals surface area contributed by atoms with E-state index in [-0.39, 0.29) is 5.69 Å². The molecule has 0 atom stereocenters. The SMILES string of the molecule is O=C(O)c1ccc2cnn(Cc3ccc(Cl)cc3)c2n1. The van der Waals surface area contributed by atoms with Crippen LogP contribution in [0.2, 0.25) is 5.02 Å². The number of carboxylic acid groups (broad SMARTS) is 1. The van der Waals surface area contributed by atoms with E-state index in [0.717, 1.165) is 10.9 Å². The lowest BCUT2D eigenvalue weighted by atomic mass is 10.2. The molecule has 0 fully saturated rings. The van der Waals surface area contributed by atoms with Crippen molar-refractivity contribution in [3.8, 4) is 0 Å². The van der Waals surface area contributed by atoms with E-state index in [1.54, 1.807) is 29.1 Å². The first kappa shape index (κ1) is 12.6. The van der Waals surface area contributed by atoms with Crippen molar-refractivity contribution in [2.75, 3.05) is 0 Å². The molecule has 1 N–H and O–H groups in total. The van der Waals surface area contributed by atoms with Gasteiger partial charge in [0.2, 0.25) is 0 Å². The number of carboxylic acids is 1. The summed E-state index contributed by atoms with van der Waals surface area (Å²) in [7, 11) is 0. The molecule has 0 aliphatic rings. The molecule has 0 spiro atoms. The van der Waals surface area contributed by atoms with Crippen LogP contribution >= 0.6 is 11.6 Å². The molecular formula is C14H10ClN3O2. The molecule has 2 aromatic heterocycles.